The number of ether oxygens (including phenoxy) is 1. The standard InChI is InChI=1S/C19H30N4O2/c1-3-20-19(21-11-5-13-23-12-4-6-18(23)24)22-14-16-7-9-17(10-8-16)15-25-2/h7-10H,3-6,11-15H2,1-2H3,(H2,20,21,22). The summed E-state index contributed by atoms with van der Waals surface area (Å²) in [7, 11) is 1.70. The molecule has 138 valence electrons. The Morgan fingerprint density at radius 2 is 2.00 bits per heavy atom. The van der Waals surface area contributed by atoms with E-state index in [1.54, 1.807) is 7.11 Å². The first kappa shape index (κ1) is 19.2. The molecule has 0 spiro atoms. The summed E-state index contributed by atoms with van der Waals surface area (Å²) in [6.45, 7) is 6.68. The van der Waals surface area contributed by atoms with E-state index in [1.165, 1.54) is 5.56 Å². The normalized spacial score (nSPS) is 14.9. The maximum Gasteiger partial charge on any atom is 0.222 e. The van der Waals surface area contributed by atoms with Gasteiger partial charge in [-0.2, -0.15) is 0 Å². The number of nitrogens with zero attached hydrogens (tertiary/aromatic N) is 2. The van der Waals surface area contributed by atoms with Crippen LogP contribution < -0.4 is 10.6 Å². The summed E-state index contributed by atoms with van der Waals surface area (Å²) in [5.41, 5.74) is 2.33. The Bertz CT molecular complexity index is 557. The van der Waals surface area contributed by atoms with Crippen LogP contribution in [0.5, 0.6) is 0 Å². The minimum absolute atomic E-state index is 0.289. The molecule has 25 heavy (non-hydrogen) atoms. The highest BCUT2D eigenvalue weighted by atomic mass is 16.5. The number of methoxy groups -OCH3 is 1. The second-order valence-electron chi connectivity index (χ2n) is 6.21. The molecule has 1 aromatic carbocycles. The first-order chi connectivity index (χ1) is 12.2. The smallest absolute Gasteiger partial charge is 0.222 e. The third kappa shape index (κ3) is 6.74. The zero-order valence-corrected chi connectivity index (χ0v) is 15.4. The molecule has 0 aliphatic carbocycles. The Balaban J connectivity index is 1.76. The first-order valence-corrected chi connectivity index (χ1v) is 9.09. The maximum absolute atomic E-state index is 11.6. The Kier molecular flexibility index (Phi) is 8.25. The summed E-state index contributed by atoms with van der Waals surface area (Å²) in [5, 5.41) is 6.60. The molecular formula is C19H30N4O2. The number of guanidine groups is 1. The quantitative estimate of drug-likeness (QED) is 0.407. The maximum atomic E-state index is 11.6. The number of benzene rings is 1. The predicted molar refractivity (Wildman–Crippen MR) is 100 cm³/mol. The molecule has 1 saturated heterocycles. The fourth-order valence-electron chi connectivity index (χ4n) is 2.84. The Morgan fingerprint density at radius 1 is 1.24 bits per heavy atom. The number of aliphatic imine (C=N–C) groups is 1. The Labute approximate surface area is 150 Å². The highest BCUT2D eigenvalue weighted by Crippen LogP contribution is 2.09. The van der Waals surface area contributed by atoms with Crippen LogP contribution in [0.4, 0.5) is 0 Å². The van der Waals surface area contributed by atoms with Crippen LogP contribution in [0.25, 0.3) is 0 Å². The summed E-state index contributed by atoms with van der Waals surface area (Å²) in [5.74, 6) is 1.11. The molecule has 2 N–H and O–H groups in total. The highest BCUT2D eigenvalue weighted by molar-refractivity contribution is 5.79. The summed E-state index contributed by atoms with van der Waals surface area (Å²) < 4.78 is 5.12. The van der Waals surface area contributed by atoms with E-state index in [2.05, 4.69) is 46.8 Å². The molecule has 0 unspecified atom stereocenters. The molecule has 1 aliphatic heterocycles. The van der Waals surface area contributed by atoms with Crippen molar-refractivity contribution in [1.82, 2.24) is 15.5 Å². The van der Waals surface area contributed by atoms with Gasteiger partial charge >= 0.3 is 0 Å². The predicted octanol–water partition coefficient (Wildman–Crippen LogP) is 1.90. The minimum Gasteiger partial charge on any atom is -0.380 e. The van der Waals surface area contributed by atoms with E-state index in [1.807, 2.05) is 4.90 Å². The van der Waals surface area contributed by atoms with E-state index in [-0.39, 0.29) is 5.91 Å². The van der Waals surface area contributed by atoms with Gasteiger partial charge in [0.05, 0.1) is 13.2 Å². The van der Waals surface area contributed by atoms with Crippen LogP contribution >= 0.6 is 0 Å². The number of nitrogens with one attached hydrogen (secondary N) is 2. The van der Waals surface area contributed by atoms with Gasteiger partial charge in [-0.25, -0.2) is 4.99 Å². The van der Waals surface area contributed by atoms with Crippen molar-refractivity contribution in [3.05, 3.63) is 35.4 Å². The van der Waals surface area contributed by atoms with Crippen molar-refractivity contribution in [2.45, 2.75) is 39.3 Å². The molecule has 6 nitrogen and oxygen atoms in total. The summed E-state index contributed by atoms with van der Waals surface area (Å²) in [4.78, 5) is 18.2. The van der Waals surface area contributed by atoms with Crippen molar-refractivity contribution in [2.75, 3.05) is 33.3 Å². The van der Waals surface area contributed by atoms with Crippen molar-refractivity contribution in [1.29, 1.82) is 0 Å². The molecule has 0 bridgehead atoms. The number of hydrogen-bond donors (Lipinski definition) is 2. The van der Waals surface area contributed by atoms with Crippen LogP contribution in [0.15, 0.2) is 29.3 Å². The van der Waals surface area contributed by atoms with Crippen molar-refractivity contribution in [3.63, 3.8) is 0 Å². The zero-order valence-electron chi connectivity index (χ0n) is 15.4. The molecule has 1 amide bonds. The van der Waals surface area contributed by atoms with Crippen LogP contribution in [0.1, 0.15) is 37.3 Å². The lowest BCUT2D eigenvalue weighted by molar-refractivity contribution is -0.127. The molecule has 1 heterocycles. The second-order valence-corrected chi connectivity index (χ2v) is 6.21. The SMILES string of the molecule is CCNC(=NCc1ccc(COC)cc1)NCCCN1CCCC1=O. The van der Waals surface area contributed by atoms with Crippen molar-refractivity contribution >= 4 is 11.9 Å². The third-order valence-electron chi connectivity index (χ3n) is 4.17. The highest BCUT2D eigenvalue weighted by Gasteiger charge is 2.18. The molecule has 6 heteroatoms. The molecule has 1 aromatic rings. The number of carbonyl (C=O) groups is 1. The lowest BCUT2D eigenvalue weighted by Crippen LogP contribution is -2.39. The van der Waals surface area contributed by atoms with Gasteiger partial charge in [0.2, 0.25) is 5.91 Å². The summed E-state index contributed by atoms with van der Waals surface area (Å²) in [6.07, 6.45) is 2.64. The largest absolute Gasteiger partial charge is 0.380 e. The number of carbonyl (C=O) groups excluding carboxylic acids is 1. The first-order valence-electron chi connectivity index (χ1n) is 9.09. The number of likely N-dealkylation sites (tertiary alicyclic amines) is 1. The van der Waals surface area contributed by atoms with Crippen LogP contribution in [0.3, 0.4) is 0 Å². The summed E-state index contributed by atoms with van der Waals surface area (Å²) >= 11 is 0. The van der Waals surface area contributed by atoms with Crippen LogP contribution in [0.2, 0.25) is 0 Å². The van der Waals surface area contributed by atoms with Gasteiger partial charge < -0.3 is 20.3 Å². The lowest BCUT2D eigenvalue weighted by atomic mass is 10.1. The van der Waals surface area contributed by atoms with Crippen molar-refractivity contribution in [2.24, 2.45) is 4.99 Å². The Morgan fingerprint density at radius 3 is 2.64 bits per heavy atom. The van der Waals surface area contributed by atoms with Gasteiger partial charge in [0, 0.05) is 39.7 Å². The van der Waals surface area contributed by atoms with E-state index in [0.29, 0.717) is 19.6 Å². The lowest BCUT2D eigenvalue weighted by Gasteiger charge is -2.16. The van der Waals surface area contributed by atoms with Gasteiger partial charge in [-0.15, -0.1) is 0 Å². The van der Waals surface area contributed by atoms with Gasteiger partial charge in [0.25, 0.3) is 0 Å². The zero-order chi connectivity index (χ0) is 17.9. The van der Waals surface area contributed by atoms with Gasteiger partial charge in [-0.1, -0.05) is 24.3 Å². The molecule has 0 aromatic heterocycles. The van der Waals surface area contributed by atoms with Gasteiger partial charge in [0.1, 0.15) is 0 Å². The molecule has 0 saturated carbocycles. The van der Waals surface area contributed by atoms with Gasteiger partial charge in [0.15, 0.2) is 5.96 Å². The van der Waals surface area contributed by atoms with E-state index >= 15 is 0 Å². The number of rotatable bonds is 9. The average Bonchev–Trinajstić information content (AvgIpc) is 3.03. The van der Waals surface area contributed by atoms with Crippen LogP contribution in [-0.4, -0.2) is 50.1 Å². The van der Waals surface area contributed by atoms with E-state index < -0.39 is 0 Å². The van der Waals surface area contributed by atoms with Gasteiger partial charge in [-0.3, -0.25) is 4.79 Å². The molecular weight excluding hydrogens is 316 g/mol. The molecule has 1 fully saturated rings. The Hall–Kier alpha value is -2.08. The topological polar surface area (TPSA) is 66.0 Å². The monoisotopic (exact) mass is 346 g/mol. The van der Waals surface area contributed by atoms with Crippen molar-refractivity contribution in [3.8, 4) is 0 Å². The van der Waals surface area contributed by atoms with Crippen molar-refractivity contribution < 1.29 is 9.53 Å². The van der Waals surface area contributed by atoms with E-state index in [0.717, 1.165) is 50.5 Å². The van der Waals surface area contributed by atoms with E-state index in [9.17, 15) is 4.79 Å². The van der Waals surface area contributed by atoms with Crippen LogP contribution in [-0.2, 0) is 22.7 Å². The van der Waals surface area contributed by atoms with E-state index in [4.69, 9.17) is 4.74 Å². The fraction of sp³-hybridized carbons (Fsp3) is 0.579. The number of hydrogen-bond acceptors (Lipinski definition) is 3. The van der Waals surface area contributed by atoms with Crippen LogP contribution in [0, 0.1) is 0 Å². The molecule has 2 rings (SSSR count). The fourth-order valence-corrected chi connectivity index (χ4v) is 2.84. The third-order valence-corrected chi connectivity index (χ3v) is 4.17. The molecule has 0 atom stereocenters. The molecule has 0 radical (unpaired) electrons. The number of amides is 1. The second kappa shape index (κ2) is 10.7. The summed E-state index contributed by atoms with van der Waals surface area (Å²) in [6, 6.07) is 8.31. The molecule has 1 aliphatic rings. The van der Waals surface area contributed by atoms with Gasteiger partial charge in [-0.05, 0) is 30.9 Å². The minimum atomic E-state index is 0.289. The average molecular weight is 346 g/mol.